The molecule has 0 fully saturated rings. The van der Waals surface area contributed by atoms with Crippen molar-refractivity contribution in [2.75, 3.05) is 7.11 Å². The molecular formula is C6H8N2O2. The standard InChI is InChI=1S/C6H8N2O2/c1-10-6(9)5-7-3-2-4-8-5/h2-5,7H,1H3. The fourth-order valence-corrected chi connectivity index (χ4v) is 0.609. The Labute approximate surface area is 58.6 Å². The second-order valence-electron chi connectivity index (χ2n) is 1.75. The predicted octanol–water partition coefficient (Wildman–Crippen LogP) is -0.327. The fourth-order valence-electron chi connectivity index (χ4n) is 0.609. The van der Waals surface area contributed by atoms with Crippen LogP contribution in [0.3, 0.4) is 0 Å². The van der Waals surface area contributed by atoms with E-state index in [2.05, 4.69) is 15.0 Å². The van der Waals surface area contributed by atoms with E-state index in [0.717, 1.165) is 0 Å². The zero-order chi connectivity index (χ0) is 7.40. The first-order valence-electron chi connectivity index (χ1n) is 2.87. The van der Waals surface area contributed by atoms with Crippen LogP contribution in [0.2, 0.25) is 0 Å². The summed E-state index contributed by atoms with van der Waals surface area (Å²) in [4.78, 5) is 14.5. The van der Waals surface area contributed by atoms with Crippen molar-refractivity contribution in [3.05, 3.63) is 12.3 Å². The SMILES string of the molecule is COC(=O)C1N=CC=CN1. The molecule has 1 heterocycles. The number of hydrogen-bond donors (Lipinski definition) is 1. The largest absolute Gasteiger partial charge is 0.466 e. The van der Waals surface area contributed by atoms with Gasteiger partial charge in [0.15, 0.2) is 0 Å². The first kappa shape index (κ1) is 6.80. The van der Waals surface area contributed by atoms with Gasteiger partial charge in [0.1, 0.15) is 0 Å². The van der Waals surface area contributed by atoms with E-state index in [9.17, 15) is 4.79 Å². The minimum absolute atomic E-state index is 0.374. The van der Waals surface area contributed by atoms with E-state index < -0.39 is 6.17 Å². The minimum Gasteiger partial charge on any atom is -0.466 e. The second kappa shape index (κ2) is 3.00. The highest BCUT2D eigenvalue weighted by Crippen LogP contribution is 1.92. The van der Waals surface area contributed by atoms with Crippen LogP contribution in [-0.4, -0.2) is 25.5 Å². The van der Waals surface area contributed by atoms with Crippen molar-refractivity contribution in [3.8, 4) is 0 Å². The lowest BCUT2D eigenvalue weighted by Crippen LogP contribution is -2.33. The van der Waals surface area contributed by atoms with E-state index in [0.29, 0.717) is 0 Å². The van der Waals surface area contributed by atoms with Crippen molar-refractivity contribution in [2.45, 2.75) is 6.17 Å². The number of rotatable bonds is 1. The van der Waals surface area contributed by atoms with Gasteiger partial charge in [-0.1, -0.05) is 0 Å². The normalized spacial score (nSPS) is 21.9. The molecule has 1 rings (SSSR count). The number of nitrogens with zero attached hydrogens (tertiary/aromatic N) is 1. The molecular weight excluding hydrogens is 132 g/mol. The average molecular weight is 140 g/mol. The monoisotopic (exact) mass is 140 g/mol. The molecule has 1 N–H and O–H groups in total. The maximum Gasteiger partial charge on any atom is 0.351 e. The smallest absolute Gasteiger partial charge is 0.351 e. The molecule has 1 atom stereocenters. The Hall–Kier alpha value is -1.32. The van der Waals surface area contributed by atoms with Crippen LogP contribution in [0.15, 0.2) is 17.3 Å². The molecule has 0 spiro atoms. The van der Waals surface area contributed by atoms with Crippen LogP contribution in [0, 0.1) is 0 Å². The molecule has 0 aromatic heterocycles. The summed E-state index contributed by atoms with van der Waals surface area (Å²) in [7, 11) is 1.33. The summed E-state index contributed by atoms with van der Waals surface area (Å²) in [5, 5.41) is 2.72. The molecule has 10 heavy (non-hydrogen) atoms. The molecule has 0 saturated carbocycles. The number of ether oxygens (including phenoxy) is 1. The number of methoxy groups -OCH3 is 1. The van der Waals surface area contributed by atoms with Crippen LogP contribution in [0.25, 0.3) is 0 Å². The molecule has 4 heteroatoms. The summed E-state index contributed by atoms with van der Waals surface area (Å²) < 4.78 is 4.44. The van der Waals surface area contributed by atoms with Crippen LogP contribution < -0.4 is 5.32 Å². The highest BCUT2D eigenvalue weighted by atomic mass is 16.5. The minimum atomic E-state index is -0.560. The summed E-state index contributed by atoms with van der Waals surface area (Å²) >= 11 is 0. The van der Waals surface area contributed by atoms with Crippen LogP contribution in [0.4, 0.5) is 0 Å². The first-order chi connectivity index (χ1) is 4.84. The molecule has 0 saturated heterocycles. The van der Waals surface area contributed by atoms with Gasteiger partial charge in [-0.25, -0.2) is 4.79 Å². The van der Waals surface area contributed by atoms with Gasteiger partial charge in [0.05, 0.1) is 7.11 Å². The number of allylic oxidation sites excluding steroid dienone is 1. The molecule has 0 aromatic carbocycles. The van der Waals surface area contributed by atoms with Crippen LogP contribution in [0.5, 0.6) is 0 Å². The number of carbonyl (C=O) groups excluding carboxylic acids is 1. The van der Waals surface area contributed by atoms with Gasteiger partial charge in [-0.05, 0) is 6.08 Å². The van der Waals surface area contributed by atoms with E-state index in [-0.39, 0.29) is 5.97 Å². The van der Waals surface area contributed by atoms with Crippen molar-refractivity contribution < 1.29 is 9.53 Å². The molecule has 1 aliphatic heterocycles. The molecule has 0 radical (unpaired) electrons. The quantitative estimate of drug-likeness (QED) is 0.507. The molecule has 0 aliphatic carbocycles. The summed E-state index contributed by atoms with van der Waals surface area (Å²) in [6.07, 6.45) is 4.35. The maximum atomic E-state index is 10.7. The lowest BCUT2D eigenvalue weighted by Gasteiger charge is -2.11. The lowest BCUT2D eigenvalue weighted by molar-refractivity contribution is -0.142. The Kier molecular flexibility index (Phi) is 2.04. The highest BCUT2D eigenvalue weighted by Gasteiger charge is 2.15. The van der Waals surface area contributed by atoms with Crippen LogP contribution >= 0.6 is 0 Å². The molecule has 1 unspecified atom stereocenters. The average Bonchev–Trinajstić information content (AvgIpc) is 2.05. The predicted molar refractivity (Wildman–Crippen MR) is 36.6 cm³/mol. The number of carbonyl (C=O) groups is 1. The number of aliphatic imine (C=N–C) groups is 1. The lowest BCUT2D eigenvalue weighted by atomic mass is 10.4. The molecule has 54 valence electrons. The zero-order valence-corrected chi connectivity index (χ0v) is 5.57. The summed E-state index contributed by atoms with van der Waals surface area (Å²) in [5.41, 5.74) is 0. The van der Waals surface area contributed by atoms with E-state index in [1.54, 1.807) is 18.5 Å². The Morgan fingerprint density at radius 1 is 1.80 bits per heavy atom. The Morgan fingerprint density at radius 2 is 2.60 bits per heavy atom. The zero-order valence-electron chi connectivity index (χ0n) is 5.57. The number of nitrogens with one attached hydrogen (secondary N) is 1. The summed E-state index contributed by atoms with van der Waals surface area (Å²) in [6, 6.07) is 0. The number of hydrogen-bond acceptors (Lipinski definition) is 4. The maximum absolute atomic E-state index is 10.7. The molecule has 4 nitrogen and oxygen atoms in total. The van der Waals surface area contributed by atoms with Gasteiger partial charge in [-0.3, -0.25) is 4.99 Å². The molecule has 0 amide bonds. The molecule has 1 aliphatic rings. The Morgan fingerprint density at radius 3 is 3.10 bits per heavy atom. The van der Waals surface area contributed by atoms with Gasteiger partial charge in [-0.15, -0.1) is 0 Å². The van der Waals surface area contributed by atoms with Gasteiger partial charge in [-0.2, -0.15) is 0 Å². The van der Waals surface area contributed by atoms with Gasteiger partial charge in [0.25, 0.3) is 0 Å². The van der Waals surface area contributed by atoms with E-state index in [4.69, 9.17) is 0 Å². The van der Waals surface area contributed by atoms with Gasteiger partial charge < -0.3 is 10.1 Å². The van der Waals surface area contributed by atoms with Crippen LogP contribution in [0.1, 0.15) is 0 Å². The van der Waals surface area contributed by atoms with Crippen molar-refractivity contribution in [1.29, 1.82) is 0 Å². The number of esters is 1. The summed E-state index contributed by atoms with van der Waals surface area (Å²) in [5.74, 6) is -0.374. The second-order valence-corrected chi connectivity index (χ2v) is 1.75. The van der Waals surface area contributed by atoms with Crippen molar-refractivity contribution >= 4 is 12.2 Å². The van der Waals surface area contributed by atoms with Gasteiger partial charge in [0.2, 0.25) is 6.17 Å². The third kappa shape index (κ3) is 1.34. The third-order valence-electron chi connectivity index (χ3n) is 1.10. The molecule has 0 aromatic rings. The Balaban J connectivity index is 2.51. The molecule has 0 bridgehead atoms. The topological polar surface area (TPSA) is 50.7 Å². The third-order valence-corrected chi connectivity index (χ3v) is 1.10. The van der Waals surface area contributed by atoms with Gasteiger partial charge in [0, 0.05) is 12.4 Å². The van der Waals surface area contributed by atoms with E-state index >= 15 is 0 Å². The summed E-state index contributed by atoms with van der Waals surface area (Å²) in [6.45, 7) is 0. The fraction of sp³-hybridized carbons (Fsp3) is 0.333. The van der Waals surface area contributed by atoms with Gasteiger partial charge >= 0.3 is 5.97 Å². The van der Waals surface area contributed by atoms with Crippen LogP contribution in [-0.2, 0) is 9.53 Å². The Bertz CT molecular complexity index is 186. The van der Waals surface area contributed by atoms with E-state index in [1.807, 2.05) is 0 Å². The van der Waals surface area contributed by atoms with Crippen molar-refractivity contribution in [2.24, 2.45) is 4.99 Å². The van der Waals surface area contributed by atoms with E-state index in [1.165, 1.54) is 7.11 Å². The van der Waals surface area contributed by atoms with Crippen molar-refractivity contribution in [1.82, 2.24) is 5.32 Å². The highest BCUT2D eigenvalue weighted by molar-refractivity contribution is 5.81. The van der Waals surface area contributed by atoms with Crippen molar-refractivity contribution in [3.63, 3.8) is 0 Å². The first-order valence-corrected chi connectivity index (χ1v) is 2.87.